The first kappa shape index (κ1) is 31.6. The Bertz CT molecular complexity index is 1210. The lowest BCUT2D eigenvalue weighted by Gasteiger charge is -2.42. The SMILES string of the molecule is CC(=O)Nc1ccccc1OCCCN1CCC(C(O)(c2ccccc2)c2ccccc2)CC1.O=C(O)C(F)(F)F. The second-order valence-electron chi connectivity index (χ2n) is 9.80. The number of carbonyl (C=O) groups is 2. The zero-order valence-electron chi connectivity index (χ0n) is 22.8. The summed E-state index contributed by atoms with van der Waals surface area (Å²) in [5, 5.41) is 22.0. The Morgan fingerprint density at radius 2 is 1.39 bits per heavy atom. The third-order valence-corrected chi connectivity index (χ3v) is 6.92. The van der Waals surface area contributed by atoms with Crippen molar-refractivity contribution in [3.05, 3.63) is 96.1 Å². The number of likely N-dealkylation sites (tertiary alicyclic amines) is 1. The van der Waals surface area contributed by atoms with Gasteiger partial charge in [0.1, 0.15) is 11.4 Å². The van der Waals surface area contributed by atoms with Crippen molar-refractivity contribution in [1.29, 1.82) is 0 Å². The van der Waals surface area contributed by atoms with Crippen LogP contribution in [0.2, 0.25) is 0 Å². The van der Waals surface area contributed by atoms with E-state index < -0.39 is 17.7 Å². The van der Waals surface area contributed by atoms with Crippen molar-refractivity contribution in [3.8, 4) is 5.75 Å². The van der Waals surface area contributed by atoms with E-state index in [0.29, 0.717) is 18.0 Å². The Kier molecular flexibility index (Phi) is 11.3. The summed E-state index contributed by atoms with van der Waals surface area (Å²) < 4.78 is 37.7. The second-order valence-corrected chi connectivity index (χ2v) is 9.80. The first-order valence-corrected chi connectivity index (χ1v) is 13.4. The van der Waals surface area contributed by atoms with E-state index in [-0.39, 0.29) is 11.8 Å². The highest BCUT2D eigenvalue weighted by Gasteiger charge is 2.41. The molecule has 0 radical (unpaired) electrons. The first-order chi connectivity index (χ1) is 19.5. The summed E-state index contributed by atoms with van der Waals surface area (Å²) in [6.07, 6.45) is -2.31. The third-order valence-electron chi connectivity index (χ3n) is 6.92. The highest BCUT2D eigenvalue weighted by Crippen LogP contribution is 2.41. The number of carbonyl (C=O) groups excluding carboxylic acids is 1. The molecule has 0 spiro atoms. The number of benzene rings is 3. The van der Waals surface area contributed by atoms with Crippen molar-refractivity contribution in [2.24, 2.45) is 5.92 Å². The van der Waals surface area contributed by atoms with Gasteiger partial charge in [0.2, 0.25) is 5.91 Å². The number of hydrogen-bond donors (Lipinski definition) is 3. The van der Waals surface area contributed by atoms with E-state index in [2.05, 4.69) is 10.2 Å². The zero-order chi connectivity index (χ0) is 29.9. The molecule has 0 aromatic heterocycles. The number of ether oxygens (including phenoxy) is 1. The highest BCUT2D eigenvalue weighted by atomic mass is 19.4. The van der Waals surface area contributed by atoms with Crippen molar-refractivity contribution in [1.82, 2.24) is 4.90 Å². The Hall–Kier alpha value is -3.89. The van der Waals surface area contributed by atoms with E-state index in [4.69, 9.17) is 14.6 Å². The van der Waals surface area contributed by atoms with Gasteiger partial charge in [-0.05, 0) is 61.5 Å². The van der Waals surface area contributed by atoms with E-state index in [0.717, 1.165) is 50.0 Å². The standard InChI is InChI=1S/C29H34N2O3.C2HF3O2/c1-23(32)30-27-15-8-9-16-28(27)34-22-10-19-31-20-17-26(18-21-31)29(33,24-11-4-2-5-12-24)25-13-6-3-7-14-25;3-2(4,5)1(6)7/h2-9,11-16,26,33H,10,17-22H2,1H3,(H,30,32);(H,6,7). The smallest absolute Gasteiger partial charge is 0.490 e. The number of rotatable bonds is 9. The molecule has 0 atom stereocenters. The van der Waals surface area contributed by atoms with Crippen LogP contribution >= 0.6 is 0 Å². The highest BCUT2D eigenvalue weighted by molar-refractivity contribution is 5.90. The van der Waals surface area contributed by atoms with Gasteiger partial charge < -0.3 is 25.2 Å². The molecular formula is C31H35F3N2O5. The van der Waals surface area contributed by atoms with Gasteiger partial charge in [-0.2, -0.15) is 13.2 Å². The molecule has 1 amide bonds. The average Bonchev–Trinajstić information content (AvgIpc) is 2.96. The lowest BCUT2D eigenvalue weighted by molar-refractivity contribution is -0.192. The quantitative estimate of drug-likeness (QED) is 0.285. The van der Waals surface area contributed by atoms with Crippen LogP contribution in [0, 0.1) is 5.92 Å². The van der Waals surface area contributed by atoms with E-state index >= 15 is 0 Å². The van der Waals surface area contributed by atoms with Crippen LogP contribution in [-0.4, -0.2) is 59.4 Å². The predicted molar refractivity (Wildman–Crippen MR) is 150 cm³/mol. The number of nitrogens with one attached hydrogen (secondary N) is 1. The molecule has 10 heteroatoms. The fraction of sp³-hybridized carbons (Fsp3) is 0.355. The minimum atomic E-state index is -5.08. The fourth-order valence-electron chi connectivity index (χ4n) is 4.95. The Morgan fingerprint density at radius 3 is 1.88 bits per heavy atom. The van der Waals surface area contributed by atoms with Crippen molar-refractivity contribution in [2.45, 2.75) is 38.0 Å². The number of hydrogen-bond acceptors (Lipinski definition) is 5. The Labute approximate surface area is 237 Å². The maximum absolute atomic E-state index is 12.0. The van der Waals surface area contributed by atoms with Crippen LogP contribution in [0.1, 0.15) is 37.3 Å². The molecule has 0 unspecified atom stereocenters. The fourth-order valence-corrected chi connectivity index (χ4v) is 4.95. The number of piperidine rings is 1. The van der Waals surface area contributed by atoms with Gasteiger partial charge >= 0.3 is 12.1 Å². The second kappa shape index (κ2) is 14.7. The van der Waals surface area contributed by atoms with E-state index in [9.17, 15) is 23.1 Å². The molecule has 1 saturated heterocycles. The molecule has 3 aromatic rings. The predicted octanol–water partition coefficient (Wildman–Crippen LogP) is 5.70. The summed E-state index contributed by atoms with van der Waals surface area (Å²) >= 11 is 0. The maximum atomic E-state index is 12.0. The van der Waals surface area contributed by atoms with Gasteiger partial charge in [-0.15, -0.1) is 0 Å². The summed E-state index contributed by atoms with van der Waals surface area (Å²) in [5.41, 5.74) is 1.65. The van der Waals surface area contributed by atoms with Crippen molar-refractivity contribution in [2.75, 3.05) is 31.6 Å². The minimum absolute atomic E-state index is 0.107. The number of carboxylic acids is 1. The van der Waals surface area contributed by atoms with Gasteiger partial charge in [-0.1, -0.05) is 72.8 Å². The molecule has 0 saturated carbocycles. The number of aliphatic carboxylic acids is 1. The molecule has 4 rings (SSSR count). The number of para-hydroxylation sites is 2. The number of alkyl halides is 3. The molecule has 0 aliphatic carbocycles. The van der Waals surface area contributed by atoms with Gasteiger partial charge in [-0.3, -0.25) is 4.79 Å². The molecule has 1 heterocycles. The third kappa shape index (κ3) is 9.06. The minimum Gasteiger partial charge on any atom is -0.491 e. The van der Waals surface area contributed by atoms with Gasteiger partial charge in [-0.25, -0.2) is 4.79 Å². The van der Waals surface area contributed by atoms with Crippen molar-refractivity contribution in [3.63, 3.8) is 0 Å². The Morgan fingerprint density at radius 1 is 0.902 bits per heavy atom. The lowest BCUT2D eigenvalue weighted by atomic mass is 9.72. The van der Waals surface area contributed by atoms with Crippen LogP contribution in [0.25, 0.3) is 0 Å². The lowest BCUT2D eigenvalue weighted by Crippen LogP contribution is -2.44. The Balaban J connectivity index is 0.000000587. The van der Waals surface area contributed by atoms with E-state index in [1.165, 1.54) is 6.92 Å². The molecule has 220 valence electrons. The molecular weight excluding hydrogens is 537 g/mol. The van der Waals surface area contributed by atoms with Crippen LogP contribution in [0.15, 0.2) is 84.9 Å². The van der Waals surface area contributed by atoms with Crippen LogP contribution in [0.5, 0.6) is 5.75 Å². The summed E-state index contributed by atoms with van der Waals surface area (Å²) in [4.78, 5) is 22.7. The summed E-state index contributed by atoms with van der Waals surface area (Å²) in [6, 6.07) is 27.7. The maximum Gasteiger partial charge on any atom is 0.490 e. The average molecular weight is 573 g/mol. The molecule has 7 nitrogen and oxygen atoms in total. The molecule has 1 aliphatic rings. The van der Waals surface area contributed by atoms with Gasteiger partial charge in [0.05, 0.1) is 12.3 Å². The number of carboxylic acid groups (broad SMARTS) is 1. The summed E-state index contributed by atoms with van der Waals surface area (Å²) in [6.45, 7) is 4.94. The monoisotopic (exact) mass is 572 g/mol. The van der Waals surface area contributed by atoms with Gasteiger partial charge in [0.25, 0.3) is 0 Å². The molecule has 0 bridgehead atoms. The van der Waals surface area contributed by atoms with E-state index in [1.807, 2.05) is 84.9 Å². The molecule has 3 N–H and O–H groups in total. The van der Waals surface area contributed by atoms with Crippen LogP contribution < -0.4 is 10.1 Å². The number of amides is 1. The summed E-state index contributed by atoms with van der Waals surface area (Å²) in [5.74, 6) is -2.00. The number of halogens is 3. The van der Waals surface area contributed by atoms with Crippen LogP contribution in [0.4, 0.5) is 18.9 Å². The van der Waals surface area contributed by atoms with E-state index in [1.54, 1.807) is 0 Å². The molecule has 3 aromatic carbocycles. The number of anilines is 1. The van der Waals surface area contributed by atoms with Crippen LogP contribution in [-0.2, 0) is 15.2 Å². The number of nitrogens with zero attached hydrogens (tertiary/aromatic N) is 1. The molecule has 1 fully saturated rings. The van der Waals surface area contributed by atoms with Gasteiger partial charge in [0, 0.05) is 13.5 Å². The molecule has 1 aliphatic heterocycles. The zero-order valence-corrected chi connectivity index (χ0v) is 22.8. The first-order valence-electron chi connectivity index (χ1n) is 13.4. The normalized spacial score (nSPS) is 14.5. The molecule has 41 heavy (non-hydrogen) atoms. The topological polar surface area (TPSA) is 99.1 Å². The summed E-state index contributed by atoms with van der Waals surface area (Å²) in [7, 11) is 0. The number of aliphatic hydroxyl groups is 1. The largest absolute Gasteiger partial charge is 0.491 e. The van der Waals surface area contributed by atoms with Crippen molar-refractivity contribution < 1.29 is 37.7 Å². The van der Waals surface area contributed by atoms with Crippen LogP contribution in [0.3, 0.4) is 0 Å². The van der Waals surface area contributed by atoms with Crippen molar-refractivity contribution >= 4 is 17.6 Å². The van der Waals surface area contributed by atoms with Gasteiger partial charge in [0.15, 0.2) is 0 Å².